The minimum atomic E-state index is 0.796. The third-order valence-corrected chi connectivity index (χ3v) is 6.69. The van der Waals surface area contributed by atoms with Crippen LogP contribution in [0, 0.1) is 0 Å². The molecule has 0 spiro atoms. The second-order valence-electron chi connectivity index (χ2n) is 8.95. The van der Waals surface area contributed by atoms with Gasteiger partial charge in [0.1, 0.15) is 23.0 Å². The average molecular weight is 533 g/mol. The molecule has 0 heterocycles. The molecule has 6 heteroatoms. The summed E-state index contributed by atoms with van der Waals surface area (Å²) in [6.07, 6.45) is 0. The molecule has 0 aromatic heterocycles. The first kappa shape index (κ1) is 26.5. The first-order valence-electron chi connectivity index (χ1n) is 12.9. The highest BCUT2D eigenvalue weighted by molar-refractivity contribution is 5.91. The van der Waals surface area contributed by atoms with Gasteiger partial charge in [-0.05, 0) is 109 Å². The van der Waals surface area contributed by atoms with Crippen LogP contribution in [0.15, 0.2) is 121 Å². The SMILES string of the molecule is COc1ccc(N(c2ccc(OC)cc2)c2ccccc2N(c2ccc(OC)cc2)c2ccc(OC)cc2)cc1. The lowest BCUT2D eigenvalue weighted by atomic mass is 10.1. The lowest BCUT2D eigenvalue weighted by Gasteiger charge is -2.33. The van der Waals surface area contributed by atoms with Crippen LogP contribution in [-0.4, -0.2) is 28.4 Å². The molecule has 5 aromatic rings. The van der Waals surface area contributed by atoms with Gasteiger partial charge in [0, 0.05) is 22.7 Å². The molecule has 5 aromatic carbocycles. The van der Waals surface area contributed by atoms with Crippen molar-refractivity contribution < 1.29 is 18.9 Å². The number of hydrogen-bond acceptors (Lipinski definition) is 6. The van der Waals surface area contributed by atoms with E-state index in [4.69, 9.17) is 18.9 Å². The number of rotatable bonds is 10. The van der Waals surface area contributed by atoms with Gasteiger partial charge in [-0.1, -0.05) is 12.1 Å². The van der Waals surface area contributed by atoms with Crippen LogP contribution in [-0.2, 0) is 0 Å². The summed E-state index contributed by atoms with van der Waals surface area (Å²) in [7, 11) is 6.69. The van der Waals surface area contributed by atoms with Gasteiger partial charge in [0.25, 0.3) is 0 Å². The Bertz CT molecular complexity index is 1300. The van der Waals surface area contributed by atoms with Gasteiger partial charge in [0.05, 0.1) is 39.8 Å². The Morgan fingerprint density at radius 1 is 0.325 bits per heavy atom. The van der Waals surface area contributed by atoms with E-state index in [0.29, 0.717) is 0 Å². The maximum atomic E-state index is 5.44. The van der Waals surface area contributed by atoms with Gasteiger partial charge in [0.2, 0.25) is 0 Å². The van der Waals surface area contributed by atoms with Gasteiger partial charge < -0.3 is 28.7 Å². The Morgan fingerprint density at radius 2 is 0.550 bits per heavy atom. The molecular formula is C34H32N2O4. The van der Waals surface area contributed by atoms with Crippen LogP contribution < -0.4 is 28.7 Å². The molecule has 0 N–H and O–H groups in total. The molecule has 0 aliphatic heterocycles. The van der Waals surface area contributed by atoms with Gasteiger partial charge in [0.15, 0.2) is 0 Å². The van der Waals surface area contributed by atoms with Crippen LogP contribution >= 0.6 is 0 Å². The molecule has 0 saturated carbocycles. The summed E-state index contributed by atoms with van der Waals surface area (Å²) in [6.45, 7) is 0. The minimum Gasteiger partial charge on any atom is -0.497 e. The summed E-state index contributed by atoms with van der Waals surface area (Å²) in [6, 6.07) is 40.6. The molecule has 0 amide bonds. The number of anilines is 6. The van der Waals surface area contributed by atoms with Crippen molar-refractivity contribution in [3.05, 3.63) is 121 Å². The predicted molar refractivity (Wildman–Crippen MR) is 162 cm³/mol. The predicted octanol–water partition coefficient (Wildman–Crippen LogP) is 8.66. The smallest absolute Gasteiger partial charge is 0.119 e. The molecule has 0 unspecified atom stereocenters. The van der Waals surface area contributed by atoms with Crippen molar-refractivity contribution in [2.75, 3.05) is 38.2 Å². The Morgan fingerprint density at radius 3 is 0.750 bits per heavy atom. The van der Waals surface area contributed by atoms with Crippen LogP contribution in [0.3, 0.4) is 0 Å². The highest BCUT2D eigenvalue weighted by Gasteiger charge is 2.22. The van der Waals surface area contributed by atoms with Gasteiger partial charge >= 0.3 is 0 Å². The zero-order valence-corrected chi connectivity index (χ0v) is 23.1. The fourth-order valence-corrected chi connectivity index (χ4v) is 4.62. The fourth-order valence-electron chi connectivity index (χ4n) is 4.62. The van der Waals surface area contributed by atoms with Crippen molar-refractivity contribution in [2.45, 2.75) is 0 Å². The van der Waals surface area contributed by atoms with Gasteiger partial charge in [-0.2, -0.15) is 0 Å². The van der Waals surface area contributed by atoms with Crippen molar-refractivity contribution in [1.29, 1.82) is 0 Å². The highest BCUT2D eigenvalue weighted by atomic mass is 16.5. The lowest BCUT2D eigenvalue weighted by Crippen LogP contribution is -2.17. The zero-order chi connectivity index (χ0) is 27.9. The number of methoxy groups -OCH3 is 4. The van der Waals surface area contributed by atoms with Gasteiger partial charge in [-0.25, -0.2) is 0 Å². The maximum Gasteiger partial charge on any atom is 0.119 e. The van der Waals surface area contributed by atoms with Crippen molar-refractivity contribution in [3.63, 3.8) is 0 Å². The molecular weight excluding hydrogens is 500 g/mol. The molecule has 0 atom stereocenters. The summed E-state index contributed by atoms with van der Waals surface area (Å²) in [5.41, 5.74) is 5.94. The quantitative estimate of drug-likeness (QED) is 0.179. The molecule has 0 bridgehead atoms. The van der Waals surface area contributed by atoms with E-state index < -0.39 is 0 Å². The molecule has 0 aliphatic rings. The highest BCUT2D eigenvalue weighted by Crippen LogP contribution is 2.46. The molecule has 0 saturated heterocycles. The Kier molecular flexibility index (Phi) is 8.07. The van der Waals surface area contributed by atoms with Crippen molar-refractivity contribution in [2.24, 2.45) is 0 Å². The second kappa shape index (κ2) is 12.2. The van der Waals surface area contributed by atoms with Crippen LogP contribution in [0.1, 0.15) is 0 Å². The molecule has 5 rings (SSSR count). The second-order valence-corrected chi connectivity index (χ2v) is 8.95. The Hall–Kier alpha value is -5.10. The van der Waals surface area contributed by atoms with Gasteiger partial charge in [-0.15, -0.1) is 0 Å². The molecule has 0 radical (unpaired) electrons. The number of benzene rings is 5. The lowest BCUT2D eigenvalue weighted by molar-refractivity contribution is 0.414. The van der Waals surface area contributed by atoms with Gasteiger partial charge in [-0.3, -0.25) is 0 Å². The average Bonchev–Trinajstić information content (AvgIpc) is 3.03. The standard InChI is InChI=1S/C34H32N2O4/c1-37-29-17-9-25(10-18-29)35(26-11-19-30(38-2)20-12-26)33-7-5-6-8-34(33)36(27-13-21-31(39-3)22-14-27)28-15-23-32(40-4)24-16-28/h5-24H,1-4H3. The van der Waals surface area contributed by atoms with E-state index in [2.05, 4.69) is 82.6 Å². The van der Waals surface area contributed by atoms with Crippen LogP contribution in [0.2, 0.25) is 0 Å². The topological polar surface area (TPSA) is 43.4 Å². The minimum absolute atomic E-state index is 0.796. The Labute approximate surface area is 235 Å². The summed E-state index contributed by atoms with van der Waals surface area (Å²) in [5.74, 6) is 3.18. The molecule has 6 nitrogen and oxygen atoms in total. The van der Waals surface area contributed by atoms with Crippen molar-refractivity contribution in [1.82, 2.24) is 0 Å². The van der Waals surface area contributed by atoms with E-state index in [0.717, 1.165) is 57.1 Å². The Balaban J connectivity index is 1.71. The summed E-state index contributed by atoms with van der Waals surface area (Å²) in [4.78, 5) is 4.46. The fraction of sp³-hybridized carbons (Fsp3) is 0.118. The first-order valence-corrected chi connectivity index (χ1v) is 12.9. The van der Waals surface area contributed by atoms with E-state index in [1.807, 2.05) is 48.5 Å². The first-order chi connectivity index (χ1) is 19.6. The van der Waals surface area contributed by atoms with Crippen molar-refractivity contribution in [3.8, 4) is 23.0 Å². The largest absolute Gasteiger partial charge is 0.497 e. The molecule has 202 valence electrons. The third-order valence-electron chi connectivity index (χ3n) is 6.69. The number of para-hydroxylation sites is 2. The van der Waals surface area contributed by atoms with E-state index in [-0.39, 0.29) is 0 Å². The van der Waals surface area contributed by atoms with E-state index >= 15 is 0 Å². The summed E-state index contributed by atoms with van der Waals surface area (Å²) in [5, 5.41) is 0. The molecule has 0 fully saturated rings. The van der Waals surface area contributed by atoms with Crippen molar-refractivity contribution >= 4 is 34.1 Å². The summed E-state index contributed by atoms with van der Waals surface area (Å²) >= 11 is 0. The van der Waals surface area contributed by atoms with Crippen LogP contribution in [0.5, 0.6) is 23.0 Å². The monoisotopic (exact) mass is 532 g/mol. The van der Waals surface area contributed by atoms with E-state index in [1.165, 1.54) is 0 Å². The molecule has 0 aliphatic carbocycles. The van der Waals surface area contributed by atoms with Crippen LogP contribution in [0.25, 0.3) is 0 Å². The normalized spacial score (nSPS) is 10.5. The van der Waals surface area contributed by atoms with E-state index in [9.17, 15) is 0 Å². The number of nitrogens with zero attached hydrogens (tertiary/aromatic N) is 2. The molecule has 40 heavy (non-hydrogen) atoms. The number of ether oxygens (including phenoxy) is 4. The summed E-state index contributed by atoms with van der Waals surface area (Å²) < 4.78 is 21.8. The third kappa shape index (κ3) is 5.52. The van der Waals surface area contributed by atoms with E-state index in [1.54, 1.807) is 28.4 Å². The van der Waals surface area contributed by atoms with Crippen LogP contribution in [0.4, 0.5) is 34.1 Å². The zero-order valence-electron chi connectivity index (χ0n) is 23.1. The number of hydrogen-bond donors (Lipinski definition) is 0. The maximum absolute atomic E-state index is 5.44.